The van der Waals surface area contributed by atoms with Crippen LogP contribution in [0, 0.1) is 0 Å². The first-order valence-corrected chi connectivity index (χ1v) is 31.7. The summed E-state index contributed by atoms with van der Waals surface area (Å²) < 4.78 is 16.8. The van der Waals surface area contributed by atoms with Crippen molar-refractivity contribution >= 4 is 17.9 Å². The maximum absolute atomic E-state index is 12.9. The van der Waals surface area contributed by atoms with Gasteiger partial charge >= 0.3 is 17.9 Å². The molecule has 6 heteroatoms. The van der Waals surface area contributed by atoms with E-state index in [0.29, 0.717) is 12.8 Å². The number of allylic oxidation sites excluding steroid dienone is 21. The molecule has 0 saturated heterocycles. The van der Waals surface area contributed by atoms with Crippen molar-refractivity contribution in [2.24, 2.45) is 0 Å². The van der Waals surface area contributed by atoms with Crippen LogP contribution >= 0.6 is 0 Å². The number of hydrogen-bond acceptors (Lipinski definition) is 6. The Morgan fingerprint density at radius 1 is 0.286 bits per heavy atom. The van der Waals surface area contributed by atoms with Crippen LogP contribution in [0.1, 0.15) is 278 Å². The second kappa shape index (κ2) is 64.1. The molecule has 0 aromatic carbocycles. The average Bonchev–Trinajstić information content (AvgIpc) is 3.43. The first kappa shape index (κ1) is 72.5. The van der Waals surface area contributed by atoms with Gasteiger partial charge in [0.25, 0.3) is 0 Å². The fourth-order valence-electron chi connectivity index (χ4n) is 8.48. The summed E-state index contributed by atoms with van der Waals surface area (Å²) in [4.78, 5) is 38.2. The smallest absolute Gasteiger partial charge is 0.309 e. The second-order valence-electron chi connectivity index (χ2n) is 20.6. The van der Waals surface area contributed by atoms with Gasteiger partial charge in [-0.1, -0.05) is 276 Å². The lowest BCUT2D eigenvalue weighted by Crippen LogP contribution is -2.30. The summed E-state index contributed by atoms with van der Waals surface area (Å²) in [5.41, 5.74) is 0. The van der Waals surface area contributed by atoms with Crippen LogP contribution < -0.4 is 0 Å². The van der Waals surface area contributed by atoms with Gasteiger partial charge in [-0.15, -0.1) is 0 Å². The molecule has 0 heterocycles. The summed E-state index contributed by atoms with van der Waals surface area (Å²) in [6.45, 7) is 6.31. The molecule has 0 fully saturated rings. The molecule has 1 atom stereocenters. The van der Waals surface area contributed by atoms with Gasteiger partial charge in [-0.25, -0.2) is 0 Å². The molecule has 0 saturated carbocycles. The van der Waals surface area contributed by atoms with E-state index < -0.39 is 12.1 Å². The van der Waals surface area contributed by atoms with Gasteiger partial charge in [0.15, 0.2) is 6.10 Å². The van der Waals surface area contributed by atoms with E-state index in [9.17, 15) is 14.4 Å². The third-order valence-electron chi connectivity index (χ3n) is 13.2. The highest BCUT2D eigenvalue weighted by Crippen LogP contribution is 2.15. The Labute approximate surface area is 475 Å². The predicted molar refractivity (Wildman–Crippen MR) is 334 cm³/mol. The highest BCUT2D eigenvalue weighted by atomic mass is 16.6. The summed E-state index contributed by atoms with van der Waals surface area (Å²) in [6.07, 6.45) is 90.6. The summed E-state index contributed by atoms with van der Waals surface area (Å²) >= 11 is 0. The Bertz CT molecular complexity index is 1650. The normalized spacial score (nSPS) is 13.0. The number of rotatable bonds is 56. The molecule has 0 N–H and O–H groups in total. The van der Waals surface area contributed by atoms with E-state index in [0.717, 1.165) is 103 Å². The number of ether oxygens (including phenoxy) is 3. The van der Waals surface area contributed by atoms with Crippen molar-refractivity contribution < 1.29 is 28.6 Å². The first-order chi connectivity index (χ1) is 38.0. The van der Waals surface area contributed by atoms with Crippen LogP contribution in [-0.2, 0) is 28.6 Å². The number of carbonyl (C=O) groups excluding carboxylic acids is 3. The molecular formula is C71H116O6. The fraction of sp³-hybridized carbons (Fsp3) is 0.648. The summed E-state index contributed by atoms with van der Waals surface area (Å²) in [5.74, 6) is -1.09. The lowest BCUT2D eigenvalue weighted by atomic mass is 10.0. The molecule has 0 aliphatic heterocycles. The Kier molecular flexibility index (Phi) is 60.4. The number of hydrogen-bond donors (Lipinski definition) is 0. The molecule has 77 heavy (non-hydrogen) atoms. The molecule has 0 bridgehead atoms. The van der Waals surface area contributed by atoms with Crippen molar-refractivity contribution in [1.29, 1.82) is 0 Å². The van der Waals surface area contributed by atoms with E-state index in [1.807, 2.05) is 6.08 Å². The van der Waals surface area contributed by atoms with Crippen molar-refractivity contribution in [1.82, 2.24) is 0 Å². The molecule has 0 radical (unpaired) electrons. The van der Waals surface area contributed by atoms with E-state index in [-0.39, 0.29) is 38.0 Å². The zero-order chi connectivity index (χ0) is 55.7. The predicted octanol–water partition coefficient (Wildman–Crippen LogP) is 21.8. The maximum atomic E-state index is 12.9. The number of unbranched alkanes of at least 4 members (excludes halogenated alkanes) is 24. The van der Waals surface area contributed by atoms with Gasteiger partial charge < -0.3 is 14.2 Å². The molecule has 0 aliphatic rings. The van der Waals surface area contributed by atoms with E-state index in [2.05, 4.69) is 142 Å². The third kappa shape index (κ3) is 62.3. The van der Waals surface area contributed by atoms with Crippen LogP contribution in [0.4, 0.5) is 0 Å². The van der Waals surface area contributed by atoms with Crippen molar-refractivity contribution in [3.05, 3.63) is 134 Å². The largest absolute Gasteiger partial charge is 0.462 e. The lowest BCUT2D eigenvalue weighted by molar-refractivity contribution is -0.166. The molecular weight excluding hydrogens is 949 g/mol. The van der Waals surface area contributed by atoms with Crippen molar-refractivity contribution in [3.63, 3.8) is 0 Å². The van der Waals surface area contributed by atoms with E-state index in [1.165, 1.54) is 128 Å². The quantitative estimate of drug-likeness (QED) is 0.0261. The van der Waals surface area contributed by atoms with Crippen LogP contribution in [0.25, 0.3) is 0 Å². The fourth-order valence-corrected chi connectivity index (χ4v) is 8.48. The molecule has 0 amide bonds. The highest BCUT2D eigenvalue weighted by Gasteiger charge is 2.19. The maximum Gasteiger partial charge on any atom is 0.309 e. The topological polar surface area (TPSA) is 78.9 Å². The van der Waals surface area contributed by atoms with Gasteiger partial charge in [0.05, 0.1) is 6.42 Å². The van der Waals surface area contributed by atoms with Gasteiger partial charge in [-0.3, -0.25) is 14.4 Å². The molecule has 436 valence electrons. The minimum atomic E-state index is -0.841. The molecule has 0 aliphatic carbocycles. The highest BCUT2D eigenvalue weighted by molar-refractivity contribution is 5.72. The van der Waals surface area contributed by atoms with Gasteiger partial charge in [-0.05, 0) is 116 Å². The third-order valence-corrected chi connectivity index (χ3v) is 13.2. The van der Waals surface area contributed by atoms with Crippen molar-refractivity contribution in [2.45, 2.75) is 284 Å². The van der Waals surface area contributed by atoms with Crippen LogP contribution in [0.3, 0.4) is 0 Å². The Morgan fingerprint density at radius 3 is 0.935 bits per heavy atom. The Balaban J connectivity index is 4.45. The van der Waals surface area contributed by atoms with Gasteiger partial charge in [0.1, 0.15) is 13.2 Å². The van der Waals surface area contributed by atoms with Crippen molar-refractivity contribution in [2.75, 3.05) is 13.2 Å². The lowest BCUT2D eigenvalue weighted by Gasteiger charge is -2.18. The van der Waals surface area contributed by atoms with E-state index in [1.54, 1.807) is 6.08 Å². The molecule has 1 unspecified atom stereocenters. The van der Waals surface area contributed by atoms with Crippen LogP contribution in [0.15, 0.2) is 134 Å². The minimum absolute atomic E-state index is 0.115. The van der Waals surface area contributed by atoms with Crippen LogP contribution in [0.2, 0.25) is 0 Å². The monoisotopic (exact) mass is 1060 g/mol. The van der Waals surface area contributed by atoms with Crippen LogP contribution in [-0.4, -0.2) is 37.2 Å². The summed E-state index contributed by atoms with van der Waals surface area (Å²) in [6, 6.07) is 0. The van der Waals surface area contributed by atoms with Crippen molar-refractivity contribution in [3.8, 4) is 0 Å². The number of carbonyl (C=O) groups is 3. The number of esters is 3. The molecule has 0 rings (SSSR count). The molecule has 0 aromatic rings. The molecule has 0 spiro atoms. The zero-order valence-electron chi connectivity index (χ0n) is 49.9. The Morgan fingerprint density at radius 2 is 0.558 bits per heavy atom. The van der Waals surface area contributed by atoms with E-state index in [4.69, 9.17) is 14.2 Å². The zero-order valence-corrected chi connectivity index (χ0v) is 49.9. The molecule has 6 nitrogen and oxygen atoms in total. The summed E-state index contributed by atoms with van der Waals surface area (Å²) in [7, 11) is 0. The second-order valence-corrected chi connectivity index (χ2v) is 20.6. The molecule has 0 aromatic heterocycles. The minimum Gasteiger partial charge on any atom is -0.462 e. The first-order valence-electron chi connectivity index (χ1n) is 31.7. The van der Waals surface area contributed by atoms with E-state index >= 15 is 0 Å². The van der Waals surface area contributed by atoms with Gasteiger partial charge in [0.2, 0.25) is 0 Å². The van der Waals surface area contributed by atoms with Crippen LogP contribution in [0.5, 0.6) is 0 Å². The average molecular weight is 1070 g/mol. The van der Waals surface area contributed by atoms with Gasteiger partial charge in [0, 0.05) is 12.8 Å². The summed E-state index contributed by atoms with van der Waals surface area (Å²) in [5, 5.41) is 0. The SMILES string of the molecule is CC/C=C\C/C=C\C/C=C\C/C=C\C/C=C\CCCCCC(=O)OC(COC(=O)C/C=C\C/C=C\C/C=C\C/C=C\C/C=C\CC)COC(=O)CCCCCCCCCCCCCCC/C=C\CCCCCCCCCC. The standard InChI is InChI=1S/C71H116O6/c1-4-7-10-13-16-19-22-25-28-30-32-33-34-35-36-37-39-40-43-46-49-52-55-58-61-64-70(73)76-67-68(66-75-69(72)63-60-57-54-51-48-45-42-27-24-21-18-15-12-9-6-3)77-71(74)65-62-59-56-53-50-47-44-41-38-31-29-26-23-20-17-14-11-8-5-2/h8-9,11-12,17-18,20-21,26-27,29-30,32,38,41-42,47-48,50-51,57,60,68H,4-7,10,13-16,19,22-25,28,31,33-37,39-40,43-46,49,52-56,58-59,61-67H2,1-3H3/b11-8-,12-9-,20-17-,21-18-,29-26-,32-30-,41-38-,42-27-,50-47-,51-48-,60-57-. The Hall–Kier alpha value is -4.45. The van der Waals surface area contributed by atoms with Gasteiger partial charge in [-0.2, -0.15) is 0 Å².